The Labute approximate surface area is 226 Å². The van der Waals surface area contributed by atoms with Gasteiger partial charge in [-0.05, 0) is 55.2 Å². The van der Waals surface area contributed by atoms with E-state index in [0.717, 1.165) is 28.9 Å². The Morgan fingerprint density at radius 1 is 1.03 bits per heavy atom. The number of ether oxygens (including phenoxy) is 1. The Morgan fingerprint density at radius 3 is 2.22 bits per heavy atom. The van der Waals surface area contributed by atoms with Gasteiger partial charge in [-0.2, -0.15) is 0 Å². The monoisotopic (exact) mass is 552 g/mol. The molecule has 0 bridgehead atoms. The summed E-state index contributed by atoms with van der Waals surface area (Å²) in [5.41, 5.74) is 4.18. The Balaban J connectivity index is 0.00000481. The van der Waals surface area contributed by atoms with Crippen molar-refractivity contribution in [3.8, 4) is 28.7 Å². The molecule has 9 heteroatoms. The lowest BCUT2D eigenvalue weighted by molar-refractivity contribution is -0.274. The van der Waals surface area contributed by atoms with Crippen LogP contribution >= 0.6 is 24.0 Å². The number of hydrogen-bond acceptors (Lipinski definition) is 3. The first-order valence-corrected chi connectivity index (χ1v) is 11.9. The average molecular weight is 553 g/mol. The Kier molecular flexibility index (Phi) is 10.7. The van der Waals surface area contributed by atoms with Gasteiger partial charge in [-0.25, -0.2) is 0 Å². The number of nitrogens with one attached hydrogen (secondary N) is 1. The van der Waals surface area contributed by atoms with Crippen molar-refractivity contribution in [1.29, 1.82) is 0 Å². The molecule has 0 aliphatic carbocycles. The fourth-order valence-electron chi connectivity index (χ4n) is 3.93. The normalized spacial score (nSPS) is 11.2. The zero-order valence-electron chi connectivity index (χ0n) is 21.0. The lowest BCUT2D eigenvalue weighted by Crippen LogP contribution is -2.27. The minimum absolute atomic E-state index is 0. The molecule has 0 aliphatic rings. The SMILES string of the molecule is Cc1[nH]c(C)c(-c2ccc(C#CCN(Cc3ccc(OC(F)(F)F)cc3)CC(C)C)cc2)c(=O)c1Cl.Cl. The summed E-state index contributed by atoms with van der Waals surface area (Å²) in [6, 6.07) is 13.3. The maximum Gasteiger partial charge on any atom is 0.573 e. The number of hydrogen-bond donors (Lipinski definition) is 1. The standard InChI is InChI=1S/C28H28ClF3N2O2.ClH/c1-18(2)16-34(17-22-9-13-24(14-10-22)36-28(30,31)32)15-5-6-21-7-11-23(12-8-21)25-19(3)33-20(4)26(29)27(25)35;/h7-14,18H,15-17H2,1-4H3,(H,33,35);1H. The van der Waals surface area contributed by atoms with E-state index in [1.165, 1.54) is 12.1 Å². The van der Waals surface area contributed by atoms with Crippen LogP contribution in [0.3, 0.4) is 0 Å². The number of H-pyrrole nitrogens is 1. The van der Waals surface area contributed by atoms with Crippen molar-refractivity contribution in [2.75, 3.05) is 13.1 Å². The molecule has 4 nitrogen and oxygen atoms in total. The van der Waals surface area contributed by atoms with Gasteiger partial charge in [0.05, 0.1) is 6.54 Å². The summed E-state index contributed by atoms with van der Waals surface area (Å²) in [6.45, 7) is 9.63. The van der Waals surface area contributed by atoms with Crippen molar-refractivity contribution >= 4 is 24.0 Å². The molecule has 0 saturated carbocycles. The van der Waals surface area contributed by atoms with Crippen LogP contribution in [0.25, 0.3) is 11.1 Å². The number of halogens is 5. The van der Waals surface area contributed by atoms with E-state index in [2.05, 4.69) is 40.3 Å². The molecule has 0 radical (unpaired) electrons. The van der Waals surface area contributed by atoms with Crippen molar-refractivity contribution in [2.45, 2.75) is 40.6 Å². The number of aromatic amines is 1. The summed E-state index contributed by atoms with van der Waals surface area (Å²) in [5.74, 6) is 6.48. The summed E-state index contributed by atoms with van der Waals surface area (Å²) < 4.78 is 41.1. The quantitative estimate of drug-likeness (QED) is 0.317. The van der Waals surface area contributed by atoms with Crippen molar-refractivity contribution in [3.05, 3.63) is 86.3 Å². The zero-order valence-corrected chi connectivity index (χ0v) is 22.6. The van der Waals surface area contributed by atoms with E-state index in [1.54, 1.807) is 19.1 Å². The first kappa shape index (κ1) is 30.3. The summed E-state index contributed by atoms with van der Waals surface area (Å²) in [4.78, 5) is 17.9. The van der Waals surface area contributed by atoms with Gasteiger partial charge in [-0.3, -0.25) is 9.69 Å². The predicted octanol–water partition coefficient (Wildman–Crippen LogP) is 7.14. The fraction of sp³-hybridized carbons (Fsp3) is 0.321. The van der Waals surface area contributed by atoms with E-state index in [0.29, 0.717) is 30.3 Å². The van der Waals surface area contributed by atoms with Crippen LogP contribution in [0, 0.1) is 31.6 Å². The topological polar surface area (TPSA) is 45.3 Å². The highest BCUT2D eigenvalue weighted by Gasteiger charge is 2.31. The second-order valence-electron chi connectivity index (χ2n) is 9.03. The largest absolute Gasteiger partial charge is 0.573 e. The molecular formula is C28H29Cl2F3N2O2. The molecule has 1 N–H and O–H groups in total. The maximum absolute atomic E-state index is 12.6. The molecule has 0 unspecified atom stereocenters. The van der Waals surface area contributed by atoms with E-state index < -0.39 is 6.36 Å². The van der Waals surface area contributed by atoms with Gasteiger partial charge in [-0.15, -0.1) is 25.6 Å². The van der Waals surface area contributed by atoms with Crippen LogP contribution in [0.5, 0.6) is 5.75 Å². The molecule has 1 heterocycles. The molecule has 2 aromatic carbocycles. The lowest BCUT2D eigenvalue weighted by Gasteiger charge is -2.22. The molecular weight excluding hydrogens is 524 g/mol. The fourth-order valence-corrected chi connectivity index (χ4v) is 4.07. The molecule has 37 heavy (non-hydrogen) atoms. The van der Waals surface area contributed by atoms with Gasteiger partial charge in [0.2, 0.25) is 5.43 Å². The molecule has 0 fully saturated rings. The lowest BCUT2D eigenvalue weighted by atomic mass is 10.0. The van der Waals surface area contributed by atoms with Crippen LogP contribution in [-0.4, -0.2) is 29.3 Å². The highest BCUT2D eigenvalue weighted by molar-refractivity contribution is 6.31. The van der Waals surface area contributed by atoms with Crippen molar-refractivity contribution in [3.63, 3.8) is 0 Å². The molecule has 198 valence electrons. The third-order valence-electron chi connectivity index (χ3n) is 5.40. The van der Waals surface area contributed by atoms with Crippen molar-refractivity contribution < 1.29 is 17.9 Å². The Morgan fingerprint density at radius 2 is 1.65 bits per heavy atom. The molecule has 0 atom stereocenters. The number of pyridine rings is 1. The summed E-state index contributed by atoms with van der Waals surface area (Å²) in [5, 5.41) is 0.187. The summed E-state index contributed by atoms with van der Waals surface area (Å²) >= 11 is 6.14. The Bertz CT molecular complexity index is 1310. The number of benzene rings is 2. The zero-order chi connectivity index (χ0) is 26.5. The summed E-state index contributed by atoms with van der Waals surface area (Å²) in [7, 11) is 0. The van der Waals surface area contributed by atoms with E-state index in [4.69, 9.17) is 11.6 Å². The van der Waals surface area contributed by atoms with Gasteiger partial charge >= 0.3 is 6.36 Å². The molecule has 1 aromatic heterocycles. The second-order valence-corrected chi connectivity index (χ2v) is 9.41. The first-order chi connectivity index (χ1) is 16.9. The number of alkyl halides is 3. The van der Waals surface area contributed by atoms with E-state index in [1.807, 2.05) is 31.2 Å². The van der Waals surface area contributed by atoms with Crippen LogP contribution in [0.2, 0.25) is 5.02 Å². The minimum Gasteiger partial charge on any atom is -0.406 e. The molecule has 0 amide bonds. The molecule has 3 aromatic rings. The maximum atomic E-state index is 12.6. The molecule has 0 aliphatic heterocycles. The van der Waals surface area contributed by atoms with Crippen LogP contribution in [0.15, 0.2) is 53.3 Å². The number of rotatable bonds is 7. The molecule has 3 rings (SSSR count). The van der Waals surface area contributed by atoms with E-state index >= 15 is 0 Å². The molecule has 0 saturated heterocycles. The number of aromatic nitrogens is 1. The number of nitrogens with zero attached hydrogens (tertiary/aromatic N) is 1. The van der Waals surface area contributed by atoms with Crippen LogP contribution < -0.4 is 10.2 Å². The van der Waals surface area contributed by atoms with Crippen molar-refractivity contribution in [2.24, 2.45) is 5.92 Å². The average Bonchev–Trinajstić information content (AvgIpc) is 2.78. The van der Waals surface area contributed by atoms with E-state index in [9.17, 15) is 18.0 Å². The second kappa shape index (κ2) is 13.0. The first-order valence-electron chi connectivity index (χ1n) is 11.5. The highest BCUT2D eigenvalue weighted by Crippen LogP contribution is 2.24. The van der Waals surface area contributed by atoms with Gasteiger partial charge in [-0.1, -0.05) is 61.6 Å². The smallest absolute Gasteiger partial charge is 0.406 e. The van der Waals surface area contributed by atoms with Gasteiger partial charge in [0, 0.05) is 35.6 Å². The van der Waals surface area contributed by atoms with Gasteiger partial charge in [0.25, 0.3) is 0 Å². The van der Waals surface area contributed by atoms with Crippen molar-refractivity contribution in [1.82, 2.24) is 9.88 Å². The molecule has 0 spiro atoms. The highest BCUT2D eigenvalue weighted by atomic mass is 35.5. The third-order valence-corrected chi connectivity index (χ3v) is 5.86. The summed E-state index contributed by atoms with van der Waals surface area (Å²) in [6.07, 6.45) is -4.71. The van der Waals surface area contributed by atoms with Gasteiger partial charge in [0.15, 0.2) is 0 Å². The van der Waals surface area contributed by atoms with Crippen LogP contribution in [0.4, 0.5) is 13.2 Å². The third kappa shape index (κ3) is 8.85. The predicted molar refractivity (Wildman–Crippen MR) is 144 cm³/mol. The van der Waals surface area contributed by atoms with E-state index in [-0.39, 0.29) is 28.6 Å². The van der Waals surface area contributed by atoms with Gasteiger partial charge in [0.1, 0.15) is 10.8 Å². The Hall–Kier alpha value is -2.92. The number of aryl methyl sites for hydroxylation is 2. The van der Waals surface area contributed by atoms with Crippen LogP contribution in [0.1, 0.15) is 36.4 Å². The van der Waals surface area contributed by atoms with Gasteiger partial charge < -0.3 is 9.72 Å². The van der Waals surface area contributed by atoms with Crippen LogP contribution in [-0.2, 0) is 6.54 Å². The minimum atomic E-state index is -4.71.